The maximum Gasteiger partial charge on any atom is 0.0346 e. The Morgan fingerprint density at radius 3 is 2.78 bits per heavy atom. The maximum absolute atomic E-state index is 4.42. The molecule has 116 valence electrons. The van der Waals surface area contributed by atoms with Crippen LogP contribution in [0.1, 0.15) is 17.5 Å². The summed E-state index contributed by atoms with van der Waals surface area (Å²) >= 11 is 0. The summed E-state index contributed by atoms with van der Waals surface area (Å²) in [7, 11) is 0. The van der Waals surface area contributed by atoms with Crippen molar-refractivity contribution in [2.75, 3.05) is 13.1 Å². The van der Waals surface area contributed by atoms with E-state index in [2.05, 4.69) is 51.3 Å². The van der Waals surface area contributed by atoms with Gasteiger partial charge in [-0.2, -0.15) is 0 Å². The number of hydrogen-bond acceptors (Lipinski definition) is 3. The van der Waals surface area contributed by atoms with Crippen LogP contribution in [0.5, 0.6) is 0 Å². The van der Waals surface area contributed by atoms with E-state index < -0.39 is 0 Å². The van der Waals surface area contributed by atoms with E-state index in [1.807, 2.05) is 24.8 Å². The highest BCUT2D eigenvalue weighted by Crippen LogP contribution is 2.25. The molecule has 1 fully saturated rings. The molecule has 23 heavy (non-hydrogen) atoms. The van der Waals surface area contributed by atoms with Crippen molar-refractivity contribution in [1.82, 2.24) is 14.9 Å². The molecular weight excluding hydrogens is 282 g/mol. The summed E-state index contributed by atoms with van der Waals surface area (Å²) in [6, 6.07) is 12.8. The van der Waals surface area contributed by atoms with Crippen molar-refractivity contribution in [2.45, 2.75) is 19.4 Å². The van der Waals surface area contributed by atoms with Gasteiger partial charge >= 0.3 is 0 Å². The molecule has 1 aliphatic rings. The molecule has 3 heteroatoms. The first kappa shape index (κ1) is 14.3. The Kier molecular flexibility index (Phi) is 4.03. The van der Waals surface area contributed by atoms with E-state index in [-0.39, 0.29) is 0 Å². The third-order valence-corrected chi connectivity index (χ3v) is 4.78. The molecule has 0 saturated carbocycles. The van der Waals surface area contributed by atoms with Gasteiger partial charge in [-0.25, -0.2) is 0 Å². The molecule has 0 radical (unpaired) electrons. The first-order chi connectivity index (χ1) is 11.4. The third-order valence-electron chi connectivity index (χ3n) is 4.78. The quantitative estimate of drug-likeness (QED) is 0.736. The molecule has 2 aromatic heterocycles. The molecular formula is C20H21N3. The summed E-state index contributed by atoms with van der Waals surface area (Å²) in [6.45, 7) is 3.39. The lowest BCUT2D eigenvalue weighted by molar-refractivity contribution is 0.316. The second-order valence-electron chi connectivity index (χ2n) is 6.47. The molecule has 3 heterocycles. The summed E-state index contributed by atoms with van der Waals surface area (Å²) in [5, 5.41) is 2.60. The predicted octanol–water partition coefficient (Wildman–Crippen LogP) is 3.69. The number of aromatic nitrogens is 2. The van der Waals surface area contributed by atoms with Gasteiger partial charge in [0, 0.05) is 43.3 Å². The second-order valence-corrected chi connectivity index (χ2v) is 6.47. The number of pyridine rings is 2. The third kappa shape index (κ3) is 3.25. The minimum atomic E-state index is 0.726. The smallest absolute Gasteiger partial charge is 0.0346 e. The van der Waals surface area contributed by atoms with Gasteiger partial charge in [0.15, 0.2) is 0 Å². The van der Waals surface area contributed by atoms with Crippen molar-refractivity contribution < 1.29 is 0 Å². The first-order valence-corrected chi connectivity index (χ1v) is 8.31. The molecule has 0 spiro atoms. The fourth-order valence-electron chi connectivity index (χ4n) is 3.62. The van der Waals surface area contributed by atoms with Gasteiger partial charge in [-0.3, -0.25) is 14.9 Å². The normalized spacial score (nSPS) is 18.5. The zero-order chi connectivity index (χ0) is 15.5. The minimum absolute atomic E-state index is 0.726. The van der Waals surface area contributed by atoms with Gasteiger partial charge in [-0.15, -0.1) is 0 Å². The molecule has 3 aromatic rings. The number of rotatable bonds is 4. The average Bonchev–Trinajstić information content (AvgIpc) is 3.03. The summed E-state index contributed by atoms with van der Waals surface area (Å²) in [5.41, 5.74) is 2.74. The Hall–Kier alpha value is -2.26. The van der Waals surface area contributed by atoms with Crippen molar-refractivity contribution in [1.29, 1.82) is 0 Å². The van der Waals surface area contributed by atoms with Crippen LogP contribution in [-0.2, 0) is 13.0 Å². The molecule has 0 amide bonds. The van der Waals surface area contributed by atoms with Gasteiger partial charge < -0.3 is 0 Å². The lowest BCUT2D eigenvalue weighted by Gasteiger charge is -2.16. The van der Waals surface area contributed by atoms with Crippen molar-refractivity contribution in [3.8, 4) is 0 Å². The monoisotopic (exact) mass is 303 g/mol. The van der Waals surface area contributed by atoms with Crippen LogP contribution in [0.4, 0.5) is 0 Å². The van der Waals surface area contributed by atoms with E-state index >= 15 is 0 Å². The highest BCUT2D eigenvalue weighted by molar-refractivity contribution is 5.84. The van der Waals surface area contributed by atoms with Crippen LogP contribution >= 0.6 is 0 Å². The lowest BCUT2D eigenvalue weighted by Crippen LogP contribution is -2.20. The largest absolute Gasteiger partial charge is 0.299 e. The van der Waals surface area contributed by atoms with Crippen molar-refractivity contribution in [2.24, 2.45) is 5.92 Å². The maximum atomic E-state index is 4.42. The minimum Gasteiger partial charge on any atom is -0.299 e. The van der Waals surface area contributed by atoms with Gasteiger partial charge in [-0.05, 0) is 54.0 Å². The van der Waals surface area contributed by atoms with Crippen LogP contribution in [0.25, 0.3) is 10.8 Å². The van der Waals surface area contributed by atoms with E-state index in [9.17, 15) is 0 Å². The van der Waals surface area contributed by atoms with Gasteiger partial charge in [0.25, 0.3) is 0 Å². The summed E-state index contributed by atoms with van der Waals surface area (Å²) < 4.78 is 0. The summed E-state index contributed by atoms with van der Waals surface area (Å²) in [6.07, 6.45) is 10.2. The molecule has 1 aromatic carbocycles. The number of nitrogens with zero attached hydrogens (tertiary/aromatic N) is 3. The average molecular weight is 303 g/mol. The van der Waals surface area contributed by atoms with E-state index in [1.54, 1.807) is 0 Å². The standard InChI is InChI=1S/C20H21N3/c1-2-4-20-18(3-1)12-22-13-19(20)11-17-7-10-23(15-17)14-16-5-8-21-9-6-16/h1-6,8-9,12-13,17H,7,10-11,14-15H2/t17-/m0/s1. The van der Waals surface area contributed by atoms with Gasteiger partial charge in [-0.1, -0.05) is 24.3 Å². The Labute approximate surface area is 137 Å². The van der Waals surface area contributed by atoms with Gasteiger partial charge in [0.1, 0.15) is 0 Å². The number of hydrogen-bond donors (Lipinski definition) is 0. The van der Waals surface area contributed by atoms with E-state index in [1.165, 1.54) is 41.4 Å². The zero-order valence-electron chi connectivity index (χ0n) is 13.2. The van der Waals surface area contributed by atoms with Gasteiger partial charge in [0.2, 0.25) is 0 Å². The van der Waals surface area contributed by atoms with Crippen LogP contribution < -0.4 is 0 Å². The highest BCUT2D eigenvalue weighted by atomic mass is 15.1. The topological polar surface area (TPSA) is 29.0 Å². The number of fused-ring (bicyclic) bond motifs is 1. The van der Waals surface area contributed by atoms with E-state index in [0.717, 1.165) is 18.9 Å². The Bertz CT molecular complexity index is 780. The van der Waals surface area contributed by atoms with Crippen LogP contribution in [0.3, 0.4) is 0 Å². The predicted molar refractivity (Wildman–Crippen MR) is 93.1 cm³/mol. The second kappa shape index (κ2) is 6.47. The first-order valence-electron chi connectivity index (χ1n) is 8.31. The SMILES string of the molecule is c1ccc2c(C[C@@H]3CCN(Cc4ccncc4)C3)cncc2c1. The molecule has 0 N–H and O–H groups in total. The van der Waals surface area contributed by atoms with E-state index in [4.69, 9.17) is 0 Å². The van der Waals surface area contributed by atoms with Gasteiger partial charge in [0.05, 0.1) is 0 Å². The molecule has 0 unspecified atom stereocenters. The molecule has 1 aliphatic heterocycles. The van der Waals surface area contributed by atoms with Crippen LogP contribution in [0, 0.1) is 5.92 Å². The molecule has 0 aliphatic carbocycles. The molecule has 1 saturated heterocycles. The number of benzene rings is 1. The van der Waals surface area contributed by atoms with Crippen LogP contribution in [0.15, 0.2) is 61.2 Å². The summed E-state index contributed by atoms with van der Waals surface area (Å²) in [5.74, 6) is 0.726. The van der Waals surface area contributed by atoms with Crippen molar-refractivity contribution in [3.63, 3.8) is 0 Å². The fourth-order valence-corrected chi connectivity index (χ4v) is 3.62. The Morgan fingerprint density at radius 2 is 1.87 bits per heavy atom. The summed E-state index contributed by atoms with van der Waals surface area (Å²) in [4.78, 5) is 11.1. The van der Waals surface area contributed by atoms with Crippen molar-refractivity contribution in [3.05, 3.63) is 72.3 Å². The Balaban J connectivity index is 1.44. The zero-order valence-corrected chi connectivity index (χ0v) is 13.2. The number of likely N-dealkylation sites (tertiary alicyclic amines) is 1. The molecule has 3 nitrogen and oxygen atoms in total. The van der Waals surface area contributed by atoms with Crippen LogP contribution in [-0.4, -0.2) is 28.0 Å². The van der Waals surface area contributed by atoms with Crippen molar-refractivity contribution >= 4 is 10.8 Å². The Morgan fingerprint density at radius 1 is 1.00 bits per heavy atom. The lowest BCUT2D eigenvalue weighted by atomic mass is 9.96. The highest BCUT2D eigenvalue weighted by Gasteiger charge is 2.23. The molecule has 1 atom stereocenters. The fraction of sp³-hybridized carbons (Fsp3) is 0.300. The van der Waals surface area contributed by atoms with E-state index in [0.29, 0.717) is 0 Å². The van der Waals surface area contributed by atoms with Crippen LogP contribution in [0.2, 0.25) is 0 Å². The molecule has 0 bridgehead atoms. The molecule has 4 rings (SSSR count).